The number of thiophene rings is 1. The molecule has 9 amide bonds. The van der Waals surface area contributed by atoms with Crippen LogP contribution in [0.3, 0.4) is 0 Å². The molecule has 9 rings (SSSR count). The Morgan fingerprint density at radius 1 is 0.902 bits per heavy atom. The van der Waals surface area contributed by atoms with Gasteiger partial charge in [-0.2, -0.15) is 8.78 Å². The number of nitrogens with zero attached hydrogens (tertiary/aromatic N) is 4. The summed E-state index contributed by atoms with van der Waals surface area (Å²) in [5.74, 6) is 1.79. The first-order chi connectivity index (χ1) is 39.1. The van der Waals surface area contributed by atoms with Gasteiger partial charge < -0.3 is 51.1 Å². The third-order valence-corrected chi connectivity index (χ3v) is 18.2. The van der Waals surface area contributed by atoms with E-state index in [1.807, 2.05) is 41.3 Å². The number of carbonyl (C=O) groups is 9. The van der Waals surface area contributed by atoms with E-state index in [9.17, 15) is 66.3 Å². The van der Waals surface area contributed by atoms with Gasteiger partial charge in [0.1, 0.15) is 30.2 Å². The Morgan fingerprint density at radius 2 is 1.66 bits per heavy atom. The molecule has 5 aliphatic rings. The molecule has 25 heteroatoms. The summed E-state index contributed by atoms with van der Waals surface area (Å²) in [7, 11) is -4.09. The van der Waals surface area contributed by atoms with Gasteiger partial charge in [-0.15, -0.1) is 11.3 Å². The fraction of sp³-hybridized carbons (Fsp3) is 0.456. The number of hydrogen-bond donors (Lipinski definition) is 7. The number of piperidine rings is 2. The molecule has 5 aliphatic heterocycles. The molecule has 1 unspecified atom stereocenters. The second kappa shape index (κ2) is 25.0. The van der Waals surface area contributed by atoms with Gasteiger partial charge >= 0.3 is 13.3 Å². The number of halogens is 2. The van der Waals surface area contributed by atoms with Gasteiger partial charge in [0.15, 0.2) is 0 Å². The van der Waals surface area contributed by atoms with Crippen LogP contribution in [0.4, 0.5) is 8.78 Å². The third-order valence-electron chi connectivity index (χ3n) is 16.1. The van der Waals surface area contributed by atoms with Crippen molar-refractivity contribution in [3.8, 4) is 11.8 Å². The van der Waals surface area contributed by atoms with E-state index in [0.717, 1.165) is 41.0 Å². The fourth-order valence-electron chi connectivity index (χ4n) is 11.6. The summed E-state index contributed by atoms with van der Waals surface area (Å²) in [6, 6.07) is 12.8. The molecule has 4 saturated heterocycles. The van der Waals surface area contributed by atoms with Crippen molar-refractivity contribution in [2.24, 2.45) is 11.7 Å². The number of likely N-dealkylation sites (tertiary alicyclic amines) is 1. The average molecular weight is 1170 g/mol. The highest BCUT2D eigenvalue weighted by Gasteiger charge is 2.51. The van der Waals surface area contributed by atoms with Crippen molar-refractivity contribution < 1.29 is 66.3 Å². The SMILES string of the molecule is CN1CC[C@H]2CC[C@@H](C(=O)N[C@@H](CCC(N)=O)C(=O)N[C@@H](Cc3ccccc3)C(=O)N3CCC(CCC#Cc4cccc5c4CN(C4CCC(=O)NC4=O)C5=O)CC3)N2C(=O)[C@@H](NC(=O)c2cc3cc(C(F)(F)P(=O)(O)O)ccc3s2)C1. The molecule has 6 heterocycles. The number of likely N-dealkylation sites (N-methyl/N-ethyl adjacent to an activating group) is 1. The van der Waals surface area contributed by atoms with Crippen molar-refractivity contribution in [1.29, 1.82) is 0 Å². The van der Waals surface area contributed by atoms with Crippen LogP contribution in [0, 0.1) is 17.8 Å². The predicted octanol–water partition coefficient (Wildman–Crippen LogP) is 3.23. The van der Waals surface area contributed by atoms with Crippen molar-refractivity contribution >= 4 is 82.2 Å². The molecule has 4 aromatic rings. The van der Waals surface area contributed by atoms with E-state index in [0.29, 0.717) is 67.6 Å². The van der Waals surface area contributed by atoms with Crippen LogP contribution in [0.2, 0.25) is 0 Å². The maximum absolute atomic E-state index is 14.6. The van der Waals surface area contributed by atoms with Crippen molar-refractivity contribution in [2.45, 2.75) is 126 Å². The Balaban J connectivity index is 0.833. The molecule has 434 valence electrons. The van der Waals surface area contributed by atoms with Gasteiger partial charge in [-0.05, 0) is 118 Å². The number of carbonyl (C=O) groups excluding carboxylic acids is 9. The van der Waals surface area contributed by atoms with Crippen LogP contribution in [0.5, 0.6) is 0 Å². The summed E-state index contributed by atoms with van der Waals surface area (Å²) in [5.41, 5.74) is 2.83. The summed E-state index contributed by atoms with van der Waals surface area (Å²) in [6.45, 7) is 1.55. The summed E-state index contributed by atoms with van der Waals surface area (Å²) in [6.07, 6.45) is 3.76. The Labute approximate surface area is 475 Å². The zero-order valence-corrected chi connectivity index (χ0v) is 46.7. The van der Waals surface area contributed by atoms with Crippen molar-refractivity contribution in [1.82, 2.24) is 40.9 Å². The number of hydrogen-bond acceptors (Lipinski definition) is 12. The summed E-state index contributed by atoms with van der Waals surface area (Å²) in [5, 5.41) is 10.8. The molecule has 6 atom stereocenters. The summed E-state index contributed by atoms with van der Waals surface area (Å²) in [4.78, 5) is 147. The van der Waals surface area contributed by atoms with E-state index in [1.54, 1.807) is 24.1 Å². The van der Waals surface area contributed by atoms with Gasteiger partial charge in [-0.1, -0.05) is 54.3 Å². The van der Waals surface area contributed by atoms with E-state index in [2.05, 4.69) is 33.1 Å². The second-order valence-electron chi connectivity index (χ2n) is 21.7. The quantitative estimate of drug-likeness (QED) is 0.0455. The maximum atomic E-state index is 14.6. The van der Waals surface area contributed by atoms with Crippen molar-refractivity contribution in [3.63, 3.8) is 0 Å². The molecule has 21 nitrogen and oxygen atoms in total. The molecule has 0 spiro atoms. The zero-order chi connectivity index (χ0) is 58.6. The number of nitrogens with one attached hydrogen (secondary N) is 4. The van der Waals surface area contributed by atoms with Crippen LogP contribution < -0.4 is 27.0 Å². The van der Waals surface area contributed by atoms with Gasteiger partial charge in [0.05, 0.1) is 4.88 Å². The lowest BCUT2D eigenvalue weighted by Crippen LogP contribution is -2.61. The molecule has 8 N–H and O–H groups in total. The molecule has 0 saturated carbocycles. The van der Waals surface area contributed by atoms with Gasteiger partial charge in [0.2, 0.25) is 41.4 Å². The number of alkyl halides is 2. The van der Waals surface area contributed by atoms with Crippen LogP contribution in [-0.2, 0) is 56.8 Å². The van der Waals surface area contributed by atoms with Gasteiger partial charge in [-0.3, -0.25) is 53.0 Å². The third kappa shape index (κ3) is 13.2. The minimum atomic E-state index is -5.87. The lowest BCUT2D eigenvalue weighted by molar-refractivity contribution is -0.144. The molecule has 0 radical (unpaired) electrons. The Bertz CT molecular complexity index is 3300. The van der Waals surface area contributed by atoms with Gasteiger partial charge in [0, 0.05) is 79.3 Å². The highest BCUT2D eigenvalue weighted by atomic mass is 32.1. The first kappa shape index (κ1) is 59.2. The highest BCUT2D eigenvalue weighted by Crippen LogP contribution is 2.59. The van der Waals surface area contributed by atoms with Crippen LogP contribution in [0.1, 0.15) is 113 Å². The van der Waals surface area contributed by atoms with Crippen LogP contribution >= 0.6 is 18.9 Å². The summed E-state index contributed by atoms with van der Waals surface area (Å²) < 4.78 is 41.1. The number of fused-ring (bicyclic) bond motifs is 3. The number of benzene rings is 3. The molecule has 4 fully saturated rings. The minimum Gasteiger partial charge on any atom is -0.370 e. The standard InChI is InChI=1S/C57H64F2N9O12PS/c1-65-25-24-38-15-17-45(68(38)56(77)43(32-65)63-53(74)47-30-36-29-37(14-19-46(36)82-47)57(58,59)81(78,79)80)52(73)61-41(16-20-48(60)69)50(71)62-42(28-34-9-3-2-4-10-34)55(76)66-26-22-33(23-27-66)8-5-6-11-35-12-7-13-39-40(35)31-67(54(39)75)44-18-21-49(70)64-51(44)72/h2-4,7,9-10,12-14,19,29-30,33,38,41-45H,5,8,15-18,20-28,31-32H2,1H3,(H2,60,69)(H,61,73)(H,62,71)(H,63,74)(H,64,70,72)(H2,78,79,80)/t38-,41+,42+,43+,44?,45+/m1/s1. The molecule has 3 aromatic carbocycles. The lowest BCUT2D eigenvalue weighted by atomic mass is 9.91. The first-order valence-corrected chi connectivity index (χ1v) is 29.8. The molecular weight excluding hydrogens is 1100 g/mol. The maximum Gasteiger partial charge on any atom is 0.399 e. The van der Waals surface area contributed by atoms with E-state index in [-0.39, 0.29) is 85.5 Å². The van der Waals surface area contributed by atoms with E-state index >= 15 is 0 Å². The van der Waals surface area contributed by atoms with Gasteiger partial charge in [0.25, 0.3) is 11.8 Å². The van der Waals surface area contributed by atoms with Crippen LogP contribution in [0.25, 0.3) is 10.1 Å². The number of primary amides is 1. The number of rotatable bonds is 17. The predicted molar refractivity (Wildman–Crippen MR) is 295 cm³/mol. The molecular formula is C57H64F2N9O12PS. The normalized spacial score (nSPS) is 21.5. The monoisotopic (exact) mass is 1170 g/mol. The molecule has 0 aliphatic carbocycles. The van der Waals surface area contributed by atoms with Crippen LogP contribution in [0.15, 0.2) is 72.8 Å². The average Bonchev–Trinajstić information content (AvgIpc) is 4.34. The van der Waals surface area contributed by atoms with E-state index in [4.69, 9.17) is 5.73 Å². The van der Waals surface area contributed by atoms with Crippen molar-refractivity contribution in [3.05, 3.63) is 105 Å². The summed E-state index contributed by atoms with van der Waals surface area (Å²) >= 11 is 0.923. The largest absolute Gasteiger partial charge is 0.399 e. The lowest BCUT2D eigenvalue weighted by Gasteiger charge is -2.38. The topological polar surface area (TPSA) is 298 Å². The molecule has 0 bridgehead atoms. The minimum absolute atomic E-state index is 0.0313. The molecule has 82 heavy (non-hydrogen) atoms. The number of amides is 9. The van der Waals surface area contributed by atoms with Gasteiger partial charge in [-0.25, -0.2) is 0 Å². The zero-order valence-electron chi connectivity index (χ0n) is 44.9. The first-order valence-electron chi connectivity index (χ1n) is 27.3. The smallest absolute Gasteiger partial charge is 0.370 e. The Morgan fingerprint density at radius 3 is 2.38 bits per heavy atom. The number of nitrogens with two attached hydrogens (primary N) is 1. The second-order valence-corrected chi connectivity index (χ2v) is 24.4. The Hall–Kier alpha value is -7.42. The van der Waals surface area contributed by atoms with E-state index < -0.39 is 90.5 Å². The molecule has 1 aromatic heterocycles. The van der Waals surface area contributed by atoms with E-state index in [1.165, 1.54) is 21.9 Å². The highest BCUT2D eigenvalue weighted by molar-refractivity contribution is 7.52. The fourth-order valence-corrected chi connectivity index (χ4v) is 13.0. The Kier molecular flexibility index (Phi) is 18.0. The van der Waals surface area contributed by atoms with Crippen molar-refractivity contribution in [2.75, 3.05) is 33.2 Å². The number of imide groups is 1. The van der Waals surface area contributed by atoms with Crippen LogP contribution in [-0.4, -0.2) is 152 Å².